The van der Waals surface area contributed by atoms with Crippen molar-refractivity contribution < 1.29 is 48.3 Å². The number of rotatable bonds is 11. The lowest BCUT2D eigenvalue weighted by Gasteiger charge is -2.40. The van der Waals surface area contributed by atoms with Gasteiger partial charge < -0.3 is 48.9 Å². The first-order valence-electron chi connectivity index (χ1n) is 23.7. The third kappa shape index (κ3) is 9.60. The van der Waals surface area contributed by atoms with Gasteiger partial charge in [-0.1, -0.05) is 76.2 Å². The molecule has 0 bridgehead atoms. The van der Waals surface area contributed by atoms with Crippen LogP contribution < -0.4 is 0 Å². The van der Waals surface area contributed by atoms with Crippen LogP contribution in [0, 0.1) is 11.8 Å². The van der Waals surface area contributed by atoms with E-state index in [0.29, 0.717) is 35.9 Å². The Bertz CT molecular complexity index is 2280. The van der Waals surface area contributed by atoms with Gasteiger partial charge in [-0.3, -0.25) is 19.4 Å². The maximum atomic E-state index is 14.3. The molecule has 0 saturated carbocycles. The van der Waals surface area contributed by atoms with E-state index in [1.165, 1.54) is 14.1 Å². The summed E-state index contributed by atoms with van der Waals surface area (Å²) >= 11 is 0. The van der Waals surface area contributed by atoms with E-state index in [1.807, 2.05) is 116 Å². The van der Waals surface area contributed by atoms with Gasteiger partial charge in [0, 0.05) is 50.5 Å². The summed E-state index contributed by atoms with van der Waals surface area (Å²) in [7, 11) is 2.84. The number of imidazole rings is 2. The zero-order chi connectivity index (χ0) is 49.0. The predicted molar refractivity (Wildman–Crippen MR) is 251 cm³/mol. The van der Waals surface area contributed by atoms with Crippen molar-refractivity contribution in [2.24, 2.45) is 11.8 Å². The van der Waals surface area contributed by atoms with Crippen LogP contribution in [-0.2, 0) is 28.5 Å². The van der Waals surface area contributed by atoms with E-state index in [1.54, 1.807) is 9.80 Å². The number of carbonyl (C=O) groups excluding carboxylic acids is 2. The molecule has 2 aromatic heterocycles. The highest BCUT2D eigenvalue weighted by molar-refractivity contribution is 5.87. The Morgan fingerprint density at radius 3 is 1.19 bits per heavy atom. The Balaban J connectivity index is 0.998. The molecule has 18 nitrogen and oxygen atoms in total. The molecule has 0 aliphatic carbocycles. The van der Waals surface area contributed by atoms with Crippen LogP contribution >= 0.6 is 0 Å². The Morgan fingerprint density at radius 2 is 0.897 bits per heavy atom. The largest absolute Gasteiger partial charge is 0.465 e. The van der Waals surface area contributed by atoms with Gasteiger partial charge in [-0.15, -0.1) is 0 Å². The number of hydrogen-bond acceptors (Lipinski definition) is 10. The Kier molecular flexibility index (Phi) is 13.5. The zero-order valence-electron chi connectivity index (χ0n) is 40.6. The van der Waals surface area contributed by atoms with Gasteiger partial charge in [0.1, 0.15) is 23.7 Å². The van der Waals surface area contributed by atoms with Crippen molar-refractivity contribution in [1.29, 1.82) is 0 Å². The van der Waals surface area contributed by atoms with Crippen molar-refractivity contribution in [3.05, 3.63) is 72.6 Å². The van der Waals surface area contributed by atoms with Crippen molar-refractivity contribution in [2.75, 3.05) is 27.2 Å². The lowest BCUT2D eigenvalue weighted by Crippen LogP contribution is -2.54. The van der Waals surface area contributed by atoms with Crippen molar-refractivity contribution in [3.63, 3.8) is 0 Å². The van der Waals surface area contributed by atoms with Gasteiger partial charge >= 0.3 is 12.2 Å². The van der Waals surface area contributed by atoms with Gasteiger partial charge in [-0.25, -0.2) is 19.6 Å². The van der Waals surface area contributed by atoms with Gasteiger partial charge in [-0.05, 0) is 63.5 Å². The van der Waals surface area contributed by atoms with Crippen LogP contribution in [-0.4, -0.2) is 149 Å². The van der Waals surface area contributed by atoms with E-state index in [2.05, 4.69) is 9.97 Å². The van der Waals surface area contributed by atoms with E-state index in [9.17, 15) is 29.4 Å². The summed E-state index contributed by atoms with van der Waals surface area (Å²) in [4.78, 5) is 74.9. The number of likely N-dealkylation sites (tertiary alicyclic amines) is 2. The summed E-state index contributed by atoms with van der Waals surface area (Å²) in [6, 6.07) is 13.2. The number of hydrogen-bond donors (Lipinski definition) is 4. The normalized spacial score (nSPS) is 28.1. The quantitative estimate of drug-likeness (QED) is 0.113. The molecule has 6 heterocycles. The molecule has 4 aliphatic rings. The van der Waals surface area contributed by atoms with Crippen LogP contribution in [0.2, 0.25) is 0 Å². The lowest BCUT2D eigenvalue weighted by molar-refractivity contribution is -0.304. The molecule has 366 valence electrons. The number of nitrogens with one attached hydrogen (secondary N) is 2. The first-order valence-corrected chi connectivity index (χ1v) is 23.7. The van der Waals surface area contributed by atoms with E-state index in [-0.39, 0.29) is 61.2 Å². The van der Waals surface area contributed by atoms with Crippen molar-refractivity contribution in [3.8, 4) is 33.6 Å². The molecule has 4 aliphatic heterocycles. The van der Waals surface area contributed by atoms with Crippen LogP contribution in [0.3, 0.4) is 0 Å². The second kappa shape index (κ2) is 18.9. The van der Waals surface area contributed by atoms with Crippen LogP contribution in [0.4, 0.5) is 9.59 Å². The van der Waals surface area contributed by atoms with Crippen molar-refractivity contribution >= 4 is 24.0 Å². The third-order valence-corrected chi connectivity index (χ3v) is 13.9. The van der Waals surface area contributed by atoms with Crippen LogP contribution in [0.15, 0.2) is 60.9 Å². The molecule has 2 aromatic carbocycles. The highest BCUT2D eigenvalue weighted by atomic mass is 16.7. The highest BCUT2D eigenvalue weighted by Gasteiger charge is 2.56. The molecule has 4 fully saturated rings. The summed E-state index contributed by atoms with van der Waals surface area (Å²) in [6.07, 6.45) is 3.04. The summed E-state index contributed by atoms with van der Waals surface area (Å²) in [5, 5.41) is 19.7. The van der Waals surface area contributed by atoms with Gasteiger partial charge in [-0.2, -0.15) is 0 Å². The number of nitrogens with zero attached hydrogens (tertiary/aromatic N) is 6. The molecule has 8 atom stereocenters. The van der Waals surface area contributed by atoms with E-state index in [4.69, 9.17) is 28.9 Å². The maximum Gasteiger partial charge on any atom is 0.407 e. The standard InChI is InChI=1S/C50H66N8O10/c1-27(2)41(55(9)47(61)62)45(59)57-25-49(65-29(5)19-30(6)66-49)21-39(57)43-51-23-37(53-43)35-15-11-33(12-16-35)34-13-17-36(18-14-34)38-24-52-44(54-38)40-22-50(67-31(7)20-32(8)68-50)26-58(40)46(60)42(28(3)4)56(10)48(63)64/h11-18,23-24,27-32,39-42H,19-22,25-26H2,1-10H3,(H,51,53)(H,52,54)(H,61,62)(H,63,64)/t29-,30-,31-,32-,39-,40-,41-,42-/m0/s1. The van der Waals surface area contributed by atoms with Crippen molar-refractivity contribution in [2.45, 2.75) is 141 Å². The first kappa shape index (κ1) is 48.6. The van der Waals surface area contributed by atoms with Crippen LogP contribution in [0.1, 0.15) is 105 Å². The highest BCUT2D eigenvalue weighted by Crippen LogP contribution is 2.47. The predicted octanol–water partition coefficient (Wildman–Crippen LogP) is 7.77. The fraction of sp³-hybridized carbons (Fsp3) is 0.560. The zero-order valence-corrected chi connectivity index (χ0v) is 40.6. The Morgan fingerprint density at radius 1 is 0.588 bits per heavy atom. The van der Waals surface area contributed by atoms with Gasteiger partial charge in [0.05, 0.1) is 61.0 Å². The lowest BCUT2D eigenvalue weighted by atomic mass is 10.0. The number of H-pyrrole nitrogens is 2. The molecule has 8 rings (SSSR count). The number of aromatic amines is 2. The van der Waals surface area contributed by atoms with Gasteiger partial charge in [0.15, 0.2) is 11.6 Å². The third-order valence-electron chi connectivity index (χ3n) is 13.9. The number of amides is 4. The van der Waals surface area contributed by atoms with Crippen molar-refractivity contribution in [1.82, 2.24) is 39.5 Å². The number of ether oxygens (including phenoxy) is 4. The monoisotopic (exact) mass is 938 g/mol. The fourth-order valence-corrected chi connectivity index (χ4v) is 11.0. The molecular formula is C50H66N8O10. The second-order valence-electron chi connectivity index (χ2n) is 20.0. The number of aromatic nitrogens is 4. The number of benzene rings is 2. The number of carboxylic acid groups (broad SMARTS) is 2. The smallest absolute Gasteiger partial charge is 0.407 e. The molecule has 0 unspecified atom stereocenters. The fourth-order valence-electron chi connectivity index (χ4n) is 11.0. The Labute approximate surface area is 397 Å². The molecule has 4 amide bonds. The van der Waals surface area contributed by atoms with Gasteiger partial charge in [0.2, 0.25) is 11.8 Å². The van der Waals surface area contributed by atoms with Crippen LogP contribution in [0.5, 0.6) is 0 Å². The molecule has 4 saturated heterocycles. The number of carbonyl (C=O) groups is 4. The summed E-state index contributed by atoms with van der Waals surface area (Å²) in [6.45, 7) is 15.6. The van der Waals surface area contributed by atoms with E-state index >= 15 is 0 Å². The SMILES string of the molecule is CC(C)[C@@H](C(=O)N1CC2(C[C@H]1c1nc(-c3ccc(-c4ccc(-c5c[nH]c([C@@H]6CC7(CN6C(=O)[C@H](C(C)C)N(C)C(=O)O)O[C@@H](C)C[C@H](C)O7)n5)cc4)cc3)c[nH]1)O[C@@H](C)C[C@H](C)O2)N(C)C(=O)O. The minimum absolute atomic E-state index is 0.0857. The van der Waals surface area contributed by atoms with Crippen LogP contribution in [0.25, 0.3) is 33.6 Å². The summed E-state index contributed by atoms with van der Waals surface area (Å²) in [5.74, 6) is -2.22. The maximum absolute atomic E-state index is 14.3. The summed E-state index contributed by atoms with van der Waals surface area (Å²) < 4.78 is 25.7. The van der Waals surface area contributed by atoms with Gasteiger partial charge in [0.25, 0.3) is 0 Å². The van der Waals surface area contributed by atoms with E-state index < -0.39 is 47.9 Å². The minimum atomic E-state index is -1.18. The molecule has 18 heteroatoms. The molecule has 2 spiro atoms. The number of likely N-dealkylation sites (N-methyl/N-ethyl adjacent to an activating group) is 2. The average molecular weight is 939 g/mol. The first-order chi connectivity index (χ1) is 32.2. The minimum Gasteiger partial charge on any atom is -0.465 e. The van der Waals surface area contributed by atoms with E-state index in [0.717, 1.165) is 44.9 Å². The summed E-state index contributed by atoms with van der Waals surface area (Å²) in [5.41, 5.74) is 5.07. The molecular weight excluding hydrogens is 873 g/mol. The molecule has 4 N–H and O–H groups in total. The molecule has 68 heavy (non-hydrogen) atoms. The Hall–Kier alpha value is -5.82. The molecule has 0 radical (unpaired) electrons. The molecule has 4 aromatic rings. The second-order valence-corrected chi connectivity index (χ2v) is 20.0. The topological polar surface area (TPSA) is 216 Å². The average Bonchev–Trinajstić information content (AvgIpc) is 4.09.